The van der Waals surface area contributed by atoms with Crippen molar-refractivity contribution in [2.75, 3.05) is 13.1 Å². The maximum Gasteiger partial charge on any atom is 0.305 e. The number of carboxylic acids is 1. The molecule has 0 aliphatic rings. The molecule has 5 nitrogen and oxygen atoms in total. The number of carbonyl (C=O) groups excluding carboxylic acids is 1. The summed E-state index contributed by atoms with van der Waals surface area (Å²) in [5.74, 6) is -0.982. The Balaban J connectivity index is 2.01. The van der Waals surface area contributed by atoms with Crippen LogP contribution in [0.15, 0.2) is 29.6 Å². The van der Waals surface area contributed by atoms with Gasteiger partial charge in [0.1, 0.15) is 5.01 Å². The molecule has 2 aromatic rings. The molecule has 0 fully saturated rings. The summed E-state index contributed by atoms with van der Waals surface area (Å²) in [5, 5.41) is 11.5. The summed E-state index contributed by atoms with van der Waals surface area (Å²) in [6, 6.07) is 8.28. The van der Waals surface area contributed by atoms with Crippen molar-refractivity contribution >= 4 is 23.2 Å². The van der Waals surface area contributed by atoms with Crippen LogP contribution in [-0.2, 0) is 22.4 Å². The Kier molecular flexibility index (Phi) is 6.49. The van der Waals surface area contributed by atoms with Crippen LogP contribution in [0.5, 0.6) is 0 Å². The number of aryl methyl sites for hydroxylation is 1. The van der Waals surface area contributed by atoms with Gasteiger partial charge >= 0.3 is 5.97 Å². The molecule has 1 aromatic heterocycles. The maximum absolute atomic E-state index is 12.3. The minimum atomic E-state index is -0.896. The summed E-state index contributed by atoms with van der Waals surface area (Å²) in [7, 11) is 0. The highest BCUT2D eigenvalue weighted by atomic mass is 32.1. The molecule has 24 heavy (non-hydrogen) atoms. The highest BCUT2D eigenvalue weighted by Crippen LogP contribution is 2.24. The summed E-state index contributed by atoms with van der Waals surface area (Å²) in [4.78, 5) is 29.0. The Labute approximate surface area is 146 Å². The Morgan fingerprint density at radius 3 is 2.50 bits per heavy atom. The van der Waals surface area contributed by atoms with Crippen molar-refractivity contribution in [3.8, 4) is 10.6 Å². The average molecular weight is 346 g/mol. The number of carbonyl (C=O) groups is 2. The molecule has 1 amide bonds. The summed E-state index contributed by atoms with van der Waals surface area (Å²) in [5.41, 5.74) is 3.06. The lowest BCUT2D eigenvalue weighted by molar-refractivity contribution is -0.138. The molecule has 0 spiro atoms. The van der Waals surface area contributed by atoms with Crippen molar-refractivity contribution in [1.29, 1.82) is 0 Å². The van der Waals surface area contributed by atoms with E-state index in [1.165, 1.54) is 16.9 Å². The Morgan fingerprint density at radius 1 is 1.21 bits per heavy atom. The van der Waals surface area contributed by atoms with Crippen molar-refractivity contribution in [2.24, 2.45) is 0 Å². The number of aromatic nitrogens is 1. The number of likely N-dealkylation sites (N-methyl/N-ethyl adjacent to an activating group) is 1. The molecular weight excluding hydrogens is 324 g/mol. The molecule has 0 unspecified atom stereocenters. The van der Waals surface area contributed by atoms with Gasteiger partial charge in [-0.05, 0) is 18.9 Å². The normalized spacial score (nSPS) is 10.6. The van der Waals surface area contributed by atoms with Gasteiger partial charge in [0, 0.05) is 24.0 Å². The van der Waals surface area contributed by atoms with Crippen molar-refractivity contribution in [3.05, 3.63) is 40.9 Å². The second-order valence-corrected chi connectivity index (χ2v) is 6.35. The summed E-state index contributed by atoms with van der Waals surface area (Å²) in [6.07, 6.45) is 1.17. The molecule has 2 rings (SSSR count). The molecule has 1 N–H and O–H groups in total. The van der Waals surface area contributed by atoms with E-state index in [4.69, 9.17) is 5.11 Å². The number of amides is 1. The zero-order chi connectivity index (χ0) is 17.5. The smallest absolute Gasteiger partial charge is 0.305 e. The van der Waals surface area contributed by atoms with Gasteiger partial charge in [-0.25, -0.2) is 4.98 Å². The number of carboxylic acid groups (broad SMARTS) is 1. The fourth-order valence-corrected chi connectivity index (χ4v) is 3.19. The van der Waals surface area contributed by atoms with E-state index >= 15 is 0 Å². The third kappa shape index (κ3) is 4.89. The molecule has 0 saturated carbocycles. The van der Waals surface area contributed by atoms with E-state index < -0.39 is 5.97 Å². The van der Waals surface area contributed by atoms with Crippen LogP contribution in [0.2, 0.25) is 0 Å². The third-order valence-electron chi connectivity index (χ3n) is 3.82. The first-order valence-corrected chi connectivity index (χ1v) is 8.94. The van der Waals surface area contributed by atoms with Gasteiger partial charge in [0.2, 0.25) is 5.91 Å². The molecule has 1 heterocycles. The minimum absolute atomic E-state index is 0.0360. The van der Waals surface area contributed by atoms with Crippen LogP contribution in [0.25, 0.3) is 10.6 Å². The maximum atomic E-state index is 12.3. The first kappa shape index (κ1) is 18.1. The lowest BCUT2D eigenvalue weighted by Crippen LogP contribution is -2.34. The Hall–Kier alpha value is -2.21. The van der Waals surface area contributed by atoms with Gasteiger partial charge in [0.25, 0.3) is 0 Å². The number of hydrogen-bond donors (Lipinski definition) is 1. The molecule has 0 aliphatic carbocycles. The van der Waals surface area contributed by atoms with E-state index in [2.05, 4.69) is 36.2 Å². The van der Waals surface area contributed by atoms with Crippen LogP contribution in [0, 0.1) is 0 Å². The highest BCUT2D eigenvalue weighted by molar-refractivity contribution is 7.13. The van der Waals surface area contributed by atoms with Crippen LogP contribution in [0.3, 0.4) is 0 Å². The lowest BCUT2D eigenvalue weighted by Gasteiger charge is -2.19. The van der Waals surface area contributed by atoms with Crippen LogP contribution < -0.4 is 0 Å². The van der Waals surface area contributed by atoms with Gasteiger partial charge in [-0.1, -0.05) is 31.2 Å². The zero-order valence-corrected chi connectivity index (χ0v) is 14.8. The number of benzene rings is 1. The van der Waals surface area contributed by atoms with E-state index in [1.807, 2.05) is 12.3 Å². The average Bonchev–Trinajstić information content (AvgIpc) is 3.03. The first-order chi connectivity index (χ1) is 11.5. The third-order valence-corrected chi connectivity index (χ3v) is 4.76. The molecule has 0 bridgehead atoms. The van der Waals surface area contributed by atoms with Crippen LogP contribution >= 0.6 is 11.3 Å². The van der Waals surface area contributed by atoms with Gasteiger partial charge in [0.15, 0.2) is 0 Å². The molecular formula is C18H22N2O3S. The van der Waals surface area contributed by atoms with Gasteiger partial charge in [-0.3, -0.25) is 9.59 Å². The van der Waals surface area contributed by atoms with Gasteiger partial charge in [-0.2, -0.15) is 0 Å². The number of aliphatic carboxylic acids is 1. The van der Waals surface area contributed by atoms with Gasteiger partial charge in [-0.15, -0.1) is 11.3 Å². The van der Waals surface area contributed by atoms with E-state index in [1.54, 1.807) is 4.90 Å². The van der Waals surface area contributed by atoms with Gasteiger partial charge < -0.3 is 10.0 Å². The van der Waals surface area contributed by atoms with Crippen LogP contribution in [-0.4, -0.2) is 40.0 Å². The fourth-order valence-electron chi connectivity index (χ4n) is 2.36. The van der Waals surface area contributed by atoms with E-state index in [0.29, 0.717) is 6.54 Å². The van der Waals surface area contributed by atoms with Crippen molar-refractivity contribution in [2.45, 2.75) is 33.1 Å². The highest BCUT2D eigenvalue weighted by Gasteiger charge is 2.15. The number of rotatable bonds is 8. The minimum Gasteiger partial charge on any atom is -0.481 e. The lowest BCUT2D eigenvalue weighted by atomic mass is 10.1. The molecule has 0 saturated heterocycles. The topological polar surface area (TPSA) is 70.5 Å². The second-order valence-electron chi connectivity index (χ2n) is 5.49. The second kappa shape index (κ2) is 8.59. The Morgan fingerprint density at radius 2 is 1.92 bits per heavy atom. The first-order valence-electron chi connectivity index (χ1n) is 8.06. The predicted octanol–water partition coefficient (Wildman–Crippen LogP) is 3.24. The molecule has 0 aliphatic heterocycles. The van der Waals surface area contributed by atoms with Gasteiger partial charge in [0.05, 0.1) is 18.5 Å². The summed E-state index contributed by atoms with van der Waals surface area (Å²) in [6.45, 7) is 4.70. The van der Waals surface area contributed by atoms with E-state index in [0.717, 1.165) is 22.7 Å². The number of hydrogen-bond acceptors (Lipinski definition) is 4. The fraction of sp³-hybridized carbons (Fsp3) is 0.389. The molecule has 1 aromatic carbocycles. The largest absolute Gasteiger partial charge is 0.481 e. The van der Waals surface area contributed by atoms with E-state index in [9.17, 15) is 9.59 Å². The summed E-state index contributed by atoms with van der Waals surface area (Å²) < 4.78 is 0. The number of thiazole rings is 1. The molecule has 6 heteroatoms. The van der Waals surface area contributed by atoms with Crippen molar-refractivity contribution < 1.29 is 14.7 Å². The monoisotopic (exact) mass is 346 g/mol. The van der Waals surface area contributed by atoms with E-state index in [-0.39, 0.29) is 25.3 Å². The summed E-state index contributed by atoms with van der Waals surface area (Å²) >= 11 is 1.52. The SMILES string of the molecule is CCc1ccc(-c2nc(CC(=O)N(CC)CCC(=O)O)cs2)cc1. The van der Waals surface area contributed by atoms with Crippen molar-refractivity contribution in [3.63, 3.8) is 0 Å². The molecule has 128 valence electrons. The van der Waals surface area contributed by atoms with Crippen LogP contribution in [0.4, 0.5) is 0 Å². The molecule has 0 atom stereocenters. The van der Waals surface area contributed by atoms with Crippen LogP contribution in [0.1, 0.15) is 31.5 Å². The molecule has 0 radical (unpaired) electrons. The zero-order valence-electron chi connectivity index (χ0n) is 14.0. The Bertz CT molecular complexity index is 695. The quantitative estimate of drug-likeness (QED) is 0.796. The standard InChI is InChI=1S/C18H22N2O3S/c1-3-13-5-7-14(8-6-13)18-19-15(12-24-18)11-16(21)20(4-2)10-9-17(22)23/h5-8,12H,3-4,9-11H2,1-2H3,(H,22,23). The van der Waals surface area contributed by atoms with Crippen molar-refractivity contribution in [1.82, 2.24) is 9.88 Å². The number of nitrogens with zero attached hydrogens (tertiary/aromatic N) is 2. The predicted molar refractivity (Wildman–Crippen MR) is 95.1 cm³/mol.